The molecule has 2 aromatic rings. The minimum atomic E-state index is 0.564. The first-order chi connectivity index (χ1) is 9.76. The molecular weight excluding hydrogens is 268 g/mol. The van der Waals surface area contributed by atoms with Gasteiger partial charge in [0.2, 0.25) is 0 Å². The Bertz CT molecular complexity index is 525. The van der Waals surface area contributed by atoms with E-state index in [1.54, 1.807) is 18.4 Å². The van der Waals surface area contributed by atoms with Crippen LogP contribution in [0.15, 0.2) is 35.7 Å². The third-order valence-electron chi connectivity index (χ3n) is 3.38. The van der Waals surface area contributed by atoms with Crippen LogP contribution in [0, 0.1) is 0 Å². The van der Waals surface area contributed by atoms with Crippen LogP contribution in [0.3, 0.4) is 0 Å². The highest BCUT2D eigenvalue weighted by molar-refractivity contribution is 7.09. The van der Waals surface area contributed by atoms with E-state index in [-0.39, 0.29) is 0 Å². The normalized spacial score (nSPS) is 11.0. The molecule has 0 amide bonds. The van der Waals surface area contributed by atoms with Crippen LogP contribution in [-0.2, 0) is 19.6 Å². The Balaban J connectivity index is 2.13. The molecule has 4 heteroatoms. The Morgan fingerprint density at radius 1 is 1.25 bits per heavy atom. The van der Waals surface area contributed by atoms with Crippen LogP contribution in [0.4, 0.5) is 0 Å². The second-order valence-corrected chi connectivity index (χ2v) is 5.77. The number of nitrogens with two attached hydrogens (primary N) is 1. The van der Waals surface area contributed by atoms with E-state index in [1.165, 1.54) is 10.4 Å². The van der Waals surface area contributed by atoms with E-state index < -0.39 is 0 Å². The lowest BCUT2D eigenvalue weighted by Gasteiger charge is -2.21. The van der Waals surface area contributed by atoms with Crippen molar-refractivity contribution >= 4 is 11.3 Å². The average molecular weight is 290 g/mol. The number of methoxy groups -OCH3 is 1. The summed E-state index contributed by atoms with van der Waals surface area (Å²) in [6, 6.07) is 10.5. The second-order valence-electron chi connectivity index (χ2n) is 4.73. The summed E-state index contributed by atoms with van der Waals surface area (Å²) in [7, 11) is 1.72. The molecule has 1 aromatic carbocycles. The molecule has 0 atom stereocenters. The van der Waals surface area contributed by atoms with Gasteiger partial charge in [0.15, 0.2) is 0 Å². The van der Waals surface area contributed by atoms with Gasteiger partial charge < -0.3 is 10.5 Å². The Morgan fingerprint density at radius 2 is 2.10 bits per heavy atom. The van der Waals surface area contributed by atoms with Crippen molar-refractivity contribution in [2.45, 2.75) is 26.6 Å². The van der Waals surface area contributed by atoms with E-state index in [2.05, 4.69) is 35.4 Å². The summed E-state index contributed by atoms with van der Waals surface area (Å²) >= 11 is 1.80. The van der Waals surface area contributed by atoms with Crippen molar-refractivity contribution in [3.8, 4) is 5.75 Å². The largest absolute Gasteiger partial charge is 0.496 e. The van der Waals surface area contributed by atoms with Crippen molar-refractivity contribution in [1.82, 2.24) is 4.90 Å². The summed E-state index contributed by atoms with van der Waals surface area (Å²) in [4.78, 5) is 3.80. The molecule has 0 aliphatic carbocycles. The van der Waals surface area contributed by atoms with Crippen molar-refractivity contribution in [2.75, 3.05) is 13.7 Å². The molecule has 3 nitrogen and oxygen atoms in total. The van der Waals surface area contributed by atoms with Crippen LogP contribution in [0.2, 0.25) is 0 Å². The fourth-order valence-corrected chi connectivity index (χ4v) is 2.97. The summed E-state index contributed by atoms with van der Waals surface area (Å²) in [6.07, 6.45) is 0. The number of nitrogens with zero attached hydrogens (tertiary/aromatic N) is 1. The van der Waals surface area contributed by atoms with E-state index in [4.69, 9.17) is 10.5 Å². The summed E-state index contributed by atoms with van der Waals surface area (Å²) < 4.78 is 5.46. The first-order valence-corrected chi connectivity index (χ1v) is 7.75. The standard InChI is InChI=1S/C16H22N2OS/c1-3-18(12-15-5-4-8-20-15)11-14-9-13(10-17)6-7-16(14)19-2/h4-9H,3,10-12,17H2,1-2H3. The number of rotatable bonds is 7. The molecule has 0 spiro atoms. The van der Waals surface area contributed by atoms with Crippen LogP contribution in [0.25, 0.3) is 0 Å². The average Bonchev–Trinajstić information content (AvgIpc) is 2.99. The van der Waals surface area contributed by atoms with Crippen LogP contribution in [0.5, 0.6) is 5.75 Å². The first-order valence-electron chi connectivity index (χ1n) is 6.87. The molecule has 0 saturated carbocycles. The molecule has 0 bridgehead atoms. The van der Waals surface area contributed by atoms with E-state index in [0.717, 1.165) is 30.9 Å². The van der Waals surface area contributed by atoms with E-state index in [1.807, 2.05) is 12.1 Å². The highest BCUT2D eigenvalue weighted by Crippen LogP contribution is 2.23. The van der Waals surface area contributed by atoms with Crippen LogP contribution < -0.4 is 10.5 Å². The topological polar surface area (TPSA) is 38.5 Å². The van der Waals surface area contributed by atoms with Crippen molar-refractivity contribution in [2.24, 2.45) is 5.73 Å². The zero-order valence-corrected chi connectivity index (χ0v) is 13.0. The van der Waals surface area contributed by atoms with Crippen molar-refractivity contribution < 1.29 is 4.74 Å². The van der Waals surface area contributed by atoms with Gasteiger partial charge in [-0.15, -0.1) is 11.3 Å². The van der Waals surface area contributed by atoms with Gasteiger partial charge in [-0.05, 0) is 35.7 Å². The van der Waals surface area contributed by atoms with Gasteiger partial charge in [-0.3, -0.25) is 4.90 Å². The van der Waals surface area contributed by atoms with Crippen LogP contribution >= 0.6 is 11.3 Å². The maximum absolute atomic E-state index is 5.73. The van der Waals surface area contributed by atoms with Crippen molar-refractivity contribution in [3.05, 3.63) is 51.7 Å². The predicted octanol–water partition coefficient (Wildman–Crippen LogP) is 3.24. The lowest BCUT2D eigenvalue weighted by molar-refractivity contribution is 0.268. The number of ether oxygens (including phenoxy) is 1. The van der Waals surface area contributed by atoms with E-state index in [9.17, 15) is 0 Å². The van der Waals surface area contributed by atoms with Gasteiger partial charge in [-0.1, -0.05) is 19.1 Å². The Morgan fingerprint density at radius 3 is 2.70 bits per heavy atom. The molecular formula is C16H22N2OS. The van der Waals surface area contributed by atoms with Crippen LogP contribution in [0.1, 0.15) is 22.9 Å². The van der Waals surface area contributed by atoms with Gasteiger partial charge in [0, 0.05) is 30.1 Å². The minimum Gasteiger partial charge on any atom is -0.496 e. The quantitative estimate of drug-likeness (QED) is 0.851. The number of hydrogen-bond acceptors (Lipinski definition) is 4. The molecule has 0 aliphatic rings. The van der Waals surface area contributed by atoms with E-state index in [0.29, 0.717) is 6.54 Å². The second kappa shape index (κ2) is 7.43. The monoisotopic (exact) mass is 290 g/mol. The van der Waals surface area contributed by atoms with Gasteiger partial charge in [0.05, 0.1) is 7.11 Å². The first kappa shape index (κ1) is 15.0. The minimum absolute atomic E-state index is 0.564. The summed E-state index contributed by atoms with van der Waals surface area (Å²) in [5, 5.41) is 2.12. The highest BCUT2D eigenvalue weighted by atomic mass is 32.1. The molecule has 108 valence electrons. The molecule has 1 heterocycles. The highest BCUT2D eigenvalue weighted by Gasteiger charge is 2.10. The molecule has 0 fully saturated rings. The lowest BCUT2D eigenvalue weighted by Crippen LogP contribution is -2.22. The fraction of sp³-hybridized carbons (Fsp3) is 0.375. The molecule has 0 radical (unpaired) electrons. The van der Waals surface area contributed by atoms with Gasteiger partial charge in [0.25, 0.3) is 0 Å². The summed E-state index contributed by atoms with van der Waals surface area (Å²) in [6.45, 7) is 5.62. The summed E-state index contributed by atoms with van der Waals surface area (Å²) in [5.41, 5.74) is 8.08. The smallest absolute Gasteiger partial charge is 0.123 e. The van der Waals surface area contributed by atoms with Gasteiger partial charge in [0.1, 0.15) is 5.75 Å². The van der Waals surface area contributed by atoms with Crippen LogP contribution in [-0.4, -0.2) is 18.6 Å². The number of benzene rings is 1. The van der Waals surface area contributed by atoms with E-state index >= 15 is 0 Å². The maximum Gasteiger partial charge on any atom is 0.123 e. The van der Waals surface area contributed by atoms with Gasteiger partial charge in [-0.25, -0.2) is 0 Å². The molecule has 2 rings (SSSR count). The zero-order chi connectivity index (χ0) is 14.4. The zero-order valence-electron chi connectivity index (χ0n) is 12.1. The Kier molecular flexibility index (Phi) is 5.59. The molecule has 20 heavy (non-hydrogen) atoms. The Labute approximate surface area is 125 Å². The molecule has 0 unspecified atom stereocenters. The summed E-state index contributed by atoms with van der Waals surface area (Å²) in [5.74, 6) is 0.937. The predicted molar refractivity (Wildman–Crippen MR) is 85.0 cm³/mol. The number of thiophene rings is 1. The van der Waals surface area contributed by atoms with Crippen molar-refractivity contribution in [1.29, 1.82) is 0 Å². The number of hydrogen-bond donors (Lipinski definition) is 1. The fourth-order valence-electron chi connectivity index (χ4n) is 2.23. The van der Waals surface area contributed by atoms with Crippen molar-refractivity contribution in [3.63, 3.8) is 0 Å². The third kappa shape index (κ3) is 3.82. The maximum atomic E-state index is 5.73. The molecule has 1 aromatic heterocycles. The molecule has 0 aliphatic heterocycles. The van der Waals surface area contributed by atoms with Gasteiger partial charge in [-0.2, -0.15) is 0 Å². The molecule has 0 saturated heterocycles. The molecule has 2 N–H and O–H groups in total. The third-order valence-corrected chi connectivity index (χ3v) is 4.24. The lowest BCUT2D eigenvalue weighted by atomic mass is 10.1. The SMILES string of the molecule is CCN(Cc1cccs1)Cc1cc(CN)ccc1OC. The Hall–Kier alpha value is -1.36. The van der Waals surface area contributed by atoms with Gasteiger partial charge >= 0.3 is 0 Å².